The van der Waals surface area contributed by atoms with Crippen LogP contribution >= 0.6 is 0 Å². The molecule has 6 heteroatoms. The number of methoxy groups -OCH3 is 2. The van der Waals surface area contributed by atoms with Crippen LogP contribution < -0.4 is 14.2 Å². The predicted octanol–water partition coefficient (Wildman–Crippen LogP) is 10.7. The molecule has 1 aliphatic heterocycles. The molecule has 49 heavy (non-hydrogen) atoms. The number of fused-ring (bicyclic) bond motifs is 8. The van der Waals surface area contributed by atoms with E-state index >= 15 is 0 Å². The summed E-state index contributed by atoms with van der Waals surface area (Å²) in [5.41, 5.74) is 5.91. The molecule has 1 heterocycles. The van der Waals surface area contributed by atoms with Gasteiger partial charge in [0, 0.05) is 27.5 Å². The van der Waals surface area contributed by atoms with Gasteiger partial charge in [0.25, 0.3) is 0 Å². The highest BCUT2D eigenvalue weighted by Crippen LogP contribution is 2.61. The van der Waals surface area contributed by atoms with E-state index in [0.717, 1.165) is 88.6 Å². The smallest absolute Gasteiger partial charge is 0.335 e. The normalized spacial score (nSPS) is 16.8. The summed E-state index contributed by atoms with van der Waals surface area (Å²) in [6, 6.07) is 26.0. The zero-order valence-electron chi connectivity index (χ0n) is 28.4. The minimum Gasteiger partial charge on any atom is -0.497 e. The lowest BCUT2D eigenvalue weighted by atomic mass is 9.68. The number of carbonyl (C=O) groups is 1. The number of halogens is 1. The summed E-state index contributed by atoms with van der Waals surface area (Å²) in [7, 11) is 3.29. The number of hydrogen-bond acceptors (Lipinski definition) is 4. The third kappa shape index (κ3) is 5.16. The van der Waals surface area contributed by atoms with E-state index < -0.39 is 11.6 Å². The van der Waals surface area contributed by atoms with Crippen LogP contribution in [-0.4, -0.2) is 25.3 Å². The van der Waals surface area contributed by atoms with Gasteiger partial charge >= 0.3 is 5.97 Å². The first kappa shape index (κ1) is 32.4. The Morgan fingerprint density at radius 3 is 2.04 bits per heavy atom. The molecule has 1 N–H and O–H groups in total. The van der Waals surface area contributed by atoms with E-state index in [1.165, 1.54) is 23.3 Å². The molecule has 5 nitrogen and oxygen atoms in total. The fraction of sp³-hybridized carbons (Fsp3) is 0.279. The molecular formula is C43H41FO5. The van der Waals surface area contributed by atoms with Gasteiger partial charge in [0.1, 0.15) is 23.1 Å². The standard InChI is InChI=1S/C43H41FO5/c1-5-7-22-42(23-8-6-2)37-20-9-27(41(45)46)25-36(37)38-33-19-18-32(48-4)26-35(33)40-34(39(38)42)21-24-43(49-40,28-10-14-30(44)15-11-28)29-12-16-31(47-3)17-13-29/h9-21,24-26H,5-8,22-23H2,1-4H3,(H,45,46). The molecule has 5 aromatic rings. The molecule has 2 aliphatic rings. The van der Waals surface area contributed by atoms with Gasteiger partial charge in [-0.1, -0.05) is 75.9 Å². The molecule has 1 unspecified atom stereocenters. The second-order valence-electron chi connectivity index (χ2n) is 13.2. The van der Waals surface area contributed by atoms with Gasteiger partial charge < -0.3 is 19.3 Å². The van der Waals surface area contributed by atoms with Crippen LogP contribution in [0.1, 0.15) is 90.5 Å². The van der Waals surface area contributed by atoms with E-state index in [1.54, 1.807) is 32.4 Å². The summed E-state index contributed by atoms with van der Waals surface area (Å²) in [5, 5.41) is 11.9. The molecule has 0 amide bonds. The maximum atomic E-state index is 14.3. The van der Waals surface area contributed by atoms with Crippen molar-refractivity contribution in [2.75, 3.05) is 14.2 Å². The third-order valence-corrected chi connectivity index (χ3v) is 10.5. The maximum Gasteiger partial charge on any atom is 0.335 e. The van der Waals surface area contributed by atoms with Crippen molar-refractivity contribution in [3.8, 4) is 28.4 Å². The molecular weight excluding hydrogens is 615 g/mol. The summed E-state index contributed by atoms with van der Waals surface area (Å²) >= 11 is 0. The minimum atomic E-state index is -1.07. The molecule has 0 spiro atoms. The average Bonchev–Trinajstić information content (AvgIpc) is 3.42. The number of hydrogen-bond donors (Lipinski definition) is 1. The summed E-state index contributed by atoms with van der Waals surface area (Å²) in [6.45, 7) is 4.43. The number of unbranched alkanes of at least 4 members (excludes halogenated alkanes) is 2. The summed E-state index contributed by atoms with van der Waals surface area (Å²) in [5.74, 6) is 0.863. The molecule has 0 fully saturated rings. The number of carboxylic acid groups (broad SMARTS) is 1. The minimum absolute atomic E-state index is 0.271. The van der Waals surface area contributed by atoms with Crippen LogP contribution in [0.2, 0.25) is 0 Å². The van der Waals surface area contributed by atoms with Crippen LogP contribution in [0, 0.1) is 5.82 Å². The van der Waals surface area contributed by atoms with Crippen molar-refractivity contribution in [1.82, 2.24) is 0 Å². The van der Waals surface area contributed by atoms with E-state index in [2.05, 4.69) is 38.1 Å². The van der Waals surface area contributed by atoms with Crippen molar-refractivity contribution < 1.29 is 28.5 Å². The van der Waals surface area contributed by atoms with Gasteiger partial charge in [-0.25, -0.2) is 9.18 Å². The van der Waals surface area contributed by atoms with E-state index in [1.807, 2.05) is 42.5 Å². The van der Waals surface area contributed by atoms with Crippen LogP contribution in [0.15, 0.2) is 91.0 Å². The Kier molecular flexibility index (Phi) is 8.43. The highest BCUT2D eigenvalue weighted by Gasteiger charge is 2.48. The monoisotopic (exact) mass is 656 g/mol. The van der Waals surface area contributed by atoms with Crippen LogP contribution in [0.4, 0.5) is 4.39 Å². The van der Waals surface area contributed by atoms with Crippen molar-refractivity contribution in [3.63, 3.8) is 0 Å². The molecule has 0 radical (unpaired) electrons. The van der Waals surface area contributed by atoms with Crippen molar-refractivity contribution in [2.24, 2.45) is 0 Å². The Hall–Kier alpha value is -5.10. The van der Waals surface area contributed by atoms with Crippen LogP contribution in [0.25, 0.3) is 28.0 Å². The Morgan fingerprint density at radius 1 is 0.796 bits per heavy atom. The molecule has 5 aromatic carbocycles. The van der Waals surface area contributed by atoms with Crippen molar-refractivity contribution in [3.05, 3.63) is 130 Å². The highest BCUT2D eigenvalue weighted by molar-refractivity contribution is 6.09. The van der Waals surface area contributed by atoms with Crippen LogP contribution in [0.3, 0.4) is 0 Å². The quantitative estimate of drug-likeness (QED) is 0.153. The summed E-state index contributed by atoms with van der Waals surface area (Å²) in [4.78, 5) is 12.3. The molecule has 0 bridgehead atoms. The van der Waals surface area contributed by atoms with E-state index in [-0.39, 0.29) is 16.8 Å². The molecule has 0 saturated heterocycles. The zero-order valence-corrected chi connectivity index (χ0v) is 28.4. The summed E-state index contributed by atoms with van der Waals surface area (Å²) < 4.78 is 33.0. The van der Waals surface area contributed by atoms with Gasteiger partial charge in [-0.2, -0.15) is 0 Å². The van der Waals surface area contributed by atoms with E-state index in [0.29, 0.717) is 5.75 Å². The van der Waals surface area contributed by atoms with Gasteiger partial charge in [0.05, 0.1) is 19.8 Å². The first-order chi connectivity index (χ1) is 23.8. The largest absolute Gasteiger partial charge is 0.497 e. The molecule has 0 saturated carbocycles. The highest BCUT2D eigenvalue weighted by atomic mass is 19.1. The Labute approximate surface area is 287 Å². The molecule has 0 aromatic heterocycles. The number of aromatic carboxylic acids is 1. The number of carboxylic acids is 1. The molecule has 7 rings (SSSR count). The fourth-order valence-electron chi connectivity index (χ4n) is 8.08. The van der Waals surface area contributed by atoms with E-state index in [9.17, 15) is 14.3 Å². The lowest BCUT2D eigenvalue weighted by molar-refractivity contribution is 0.0697. The number of benzene rings is 5. The second kappa shape index (κ2) is 12.7. The van der Waals surface area contributed by atoms with Crippen LogP contribution in [-0.2, 0) is 11.0 Å². The number of ether oxygens (including phenoxy) is 3. The Balaban J connectivity index is 1.59. The van der Waals surface area contributed by atoms with Gasteiger partial charge in [-0.3, -0.25) is 0 Å². The first-order valence-corrected chi connectivity index (χ1v) is 17.2. The van der Waals surface area contributed by atoms with Gasteiger partial charge in [-0.05, 0) is 101 Å². The molecule has 250 valence electrons. The Morgan fingerprint density at radius 2 is 1.43 bits per heavy atom. The van der Waals surface area contributed by atoms with Crippen molar-refractivity contribution in [2.45, 2.75) is 63.4 Å². The lowest BCUT2D eigenvalue weighted by Crippen LogP contribution is -2.35. The zero-order chi connectivity index (χ0) is 34.3. The van der Waals surface area contributed by atoms with Crippen molar-refractivity contribution >= 4 is 22.8 Å². The summed E-state index contributed by atoms with van der Waals surface area (Å²) in [6.07, 6.45) is 10.3. The fourth-order valence-corrected chi connectivity index (χ4v) is 8.08. The third-order valence-electron chi connectivity index (χ3n) is 10.5. The molecule has 1 aliphatic carbocycles. The van der Waals surface area contributed by atoms with E-state index in [4.69, 9.17) is 14.2 Å². The maximum absolute atomic E-state index is 14.3. The van der Waals surface area contributed by atoms with Gasteiger partial charge in [0.2, 0.25) is 0 Å². The predicted molar refractivity (Wildman–Crippen MR) is 193 cm³/mol. The number of rotatable bonds is 11. The van der Waals surface area contributed by atoms with Crippen molar-refractivity contribution in [1.29, 1.82) is 0 Å². The second-order valence-corrected chi connectivity index (χ2v) is 13.2. The molecule has 1 atom stereocenters. The topological polar surface area (TPSA) is 65.0 Å². The average molecular weight is 657 g/mol. The van der Waals surface area contributed by atoms with Crippen LogP contribution in [0.5, 0.6) is 17.2 Å². The lowest BCUT2D eigenvalue weighted by Gasteiger charge is -2.40. The van der Waals surface area contributed by atoms with Gasteiger partial charge in [-0.15, -0.1) is 0 Å². The first-order valence-electron chi connectivity index (χ1n) is 17.2. The van der Waals surface area contributed by atoms with Gasteiger partial charge in [0.15, 0.2) is 5.60 Å². The SMILES string of the molecule is CCCCC1(CCCC)c2ccc(C(=O)O)cc2-c2c1c1c(c3cc(OC)ccc23)OC(c2ccc(F)cc2)(c2ccc(OC)cc2)C=C1. The Bertz CT molecular complexity index is 2070.